The number of hydrogen-bond acceptors (Lipinski definition) is 4. The largest absolute Gasteiger partial charge is 0.399 e. The molecule has 118 valence electrons. The Bertz CT molecular complexity index is 570. The highest BCUT2D eigenvalue weighted by Gasteiger charge is 2.19. The van der Waals surface area contributed by atoms with Gasteiger partial charge in [-0.3, -0.25) is 0 Å². The predicted octanol–water partition coefficient (Wildman–Crippen LogP) is 1.65. The lowest BCUT2D eigenvalue weighted by Gasteiger charge is -2.16. The molecule has 1 saturated heterocycles. The number of nitrogens with zero attached hydrogens (tertiary/aromatic N) is 1. The van der Waals surface area contributed by atoms with Gasteiger partial charge in [-0.15, -0.1) is 0 Å². The molecule has 0 spiro atoms. The first-order valence-corrected chi connectivity index (χ1v) is 8.97. The molecule has 1 aliphatic rings. The Labute approximate surface area is 127 Å². The number of aryl methyl sites for hydroxylation is 2. The summed E-state index contributed by atoms with van der Waals surface area (Å²) in [6.07, 6.45) is 3.36. The Balaban J connectivity index is 1.95. The number of nitrogens with one attached hydrogen (secondary N) is 1. The molecule has 0 atom stereocenters. The molecular weight excluding hydrogens is 286 g/mol. The van der Waals surface area contributed by atoms with Crippen LogP contribution in [0, 0.1) is 13.8 Å². The number of nitrogens with two attached hydrogens (primary N) is 1. The zero-order chi connectivity index (χ0) is 15.5. The van der Waals surface area contributed by atoms with E-state index in [0.29, 0.717) is 28.3 Å². The number of rotatable bonds is 6. The fourth-order valence-electron chi connectivity index (χ4n) is 3.00. The van der Waals surface area contributed by atoms with Gasteiger partial charge in [0.2, 0.25) is 10.0 Å². The van der Waals surface area contributed by atoms with Gasteiger partial charge in [-0.05, 0) is 76.0 Å². The van der Waals surface area contributed by atoms with Gasteiger partial charge < -0.3 is 10.6 Å². The van der Waals surface area contributed by atoms with Crippen LogP contribution in [-0.2, 0) is 10.0 Å². The molecule has 6 heteroatoms. The number of nitrogen functional groups attached to an aromatic ring is 1. The highest BCUT2D eigenvalue weighted by Crippen LogP contribution is 2.22. The second kappa shape index (κ2) is 6.77. The zero-order valence-electron chi connectivity index (χ0n) is 12.9. The molecule has 0 bridgehead atoms. The molecule has 0 amide bonds. The van der Waals surface area contributed by atoms with Crippen LogP contribution in [0.25, 0.3) is 0 Å². The van der Waals surface area contributed by atoms with Crippen molar-refractivity contribution in [1.82, 2.24) is 9.62 Å². The SMILES string of the molecule is Cc1cc(N)cc(C)c1S(=O)(=O)NCCCN1CCCC1. The molecule has 1 aromatic rings. The van der Waals surface area contributed by atoms with E-state index < -0.39 is 10.0 Å². The van der Waals surface area contributed by atoms with Gasteiger partial charge in [-0.25, -0.2) is 13.1 Å². The summed E-state index contributed by atoms with van der Waals surface area (Å²) in [6, 6.07) is 3.40. The molecule has 0 saturated carbocycles. The lowest BCUT2D eigenvalue weighted by molar-refractivity contribution is 0.334. The van der Waals surface area contributed by atoms with Crippen LogP contribution < -0.4 is 10.5 Å². The van der Waals surface area contributed by atoms with Crippen molar-refractivity contribution >= 4 is 15.7 Å². The molecule has 1 fully saturated rings. The molecule has 0 unspecified atom stereocenters. The van der Waals surface area contributed by atoms with E-state index in [0.717, 1.165) is 26.1 Å². The number of hydrogen-bond donors (Lipinski definition) is 2. The molecule has 0 aromatic heterocycles. The van der Waals surface area contributed by atoms with E-state index in [-0.39, 0.29) is 0 Å². The fraction of sp³-hybridized carbons (Fsp3) is 0.600. The highest BCUT2D eigenvalue weighted by molar-refractivity contribution is 7.89. The minimum atomic E-state index is -3.46. The average molecular weight is 311 g/mol. The van der Waals surface area contributed by atoms with Gasteiger partial charge in [0.25, 0.3) is 0 Å². The number of anilines is 1. The standard InChI is InChI=1S/C15H25N3O2S/c1-12-10-14(16)11-13(2)15(12)21(19,20)17-6-5-9-18-7-3-4-8-18/h10-11,17H,3-9,16H2,1-2H3. The van der Waals surface area contributed by atoms with Crippen molar-refractivity contribution < 1.29 is 8.42 Å². The normalized spacial score (nSPS) is 16.5. The van der Waals surface area contributed by atoms with Crippen LogP contribution in [0.3, 0.4) is 0 Å². The van der Waals surface area contributed by atoms with Crippen molar-refractivity contribution in [2.75, 3.05) is 31.9 Å². The van der Waals surface area contributed by atoms with Crippen LogP contribution in [0.15, 0.2) is 17.0 Å². The summed E-state index contributed by atoms with van der Waals surface area (Å²) in [6.45, 7) is 7.28. The maximum absolute atomic E-state index is 12.4. The minimum absolute atomic E-state index is 0.359. The van der Waals surface area contributed by atoms with Gasteiger partial charge in [-0.2, -0.15) is 0 Å². The first-order chi connectivity index (χ1) is 9.90. The predicted molar refractivity (Wildman–Crippen MR) is 85.8 cm³/mol. The van der Waals surface area contributed by atoms with E-state index in [1.807, 2.05) is 0 Å². The molecule has 1 heterocycles. The smallest absolute Gasteiger partial charge is 0.241 e. The van der Waals surface area contributed by atoms with Crippen LogP contribution in [0.2, 0.25) is 0 Å². The Morgan fingerprint density at radius 1 is 1.19 bits per heavy atom. The Morgan fingerprint density at radius 3 is 2.33 bits per heavy atom. The van der Waals surface area contributed by atoms with Crippen LogP contribution in [-0.4, -0.2) is 39.5 Å². The second-order valence-corrected chi connectivity index (χ2v) is 7.49. The topological polar surface area (TPSA) is 75.4 Å². The van der Waals surface area contributed by atoms with Crippen molar-refractivity contribution in [2.45, 2.75) is 38.0 Å². The molecular formula is C15H25N3O2S. The zero-order valence-corrected chi connectivity index (χ0v) is 13.7. The molecule has 1 aliphatic heterocycles. The van der Waals surface area contributed by atoms with Crippen molar-refractivity contribution in [2.24, 2.45) is 0 Å². The lowest BCUT2D eigenvalue weighted by atomic mass is 10.1. The summed E-state index contributed by atoms with van der Waals surface area (Å²) in [5.41, 5.74) is 7.73. The maximum Gasteiger partial charge on any atom is 0.241 e. The van der Waals surface area contributed by atoms with Crippen molar-refractivity contribution in [1.29, 1.82) is 0 Å². The molecule has 3 N–H and O–H groups in total. The monoisotopic (exact) mass is 311 g/mol. The van der Waals surface area contributed by atoms with E-state index >= 15 is 0 Å². The number of sulfonamides is 1. The summed E-state index contributed by atoms with van der Waals surface area (Å²) in [5, 5.41) is 0. The Kier molecular flexibility index (Phi) is 5.24. The summed E-state index contributed by atoms with van der Waals surface area (Å²) in [7, 11) is -3.46. The molecule has 0 aliphatic carbocycles. The third kappa shape index (κ3) is 4.18. The fourth-order valence-corrected chi connectivity index (χ4v) is 4.52. The minimum Gasteiger partial charge on any atom is -0.399 e. The van der Waals surface area contributed by atoms with Gasteiger partial charge in [0.15, 0.2) is 0 Å². The first kappa shape index (κ1) is 16.3. The van der Waals surface area contributed by atoms with Crippen LogP contribution in [0.1, 0.15) is 30.4 Å². The number of likely N-dealkylation sites (tertiary alicyclic amines) is 1. The molecule has 21 heavy (non-hydrogen) atoms. The highest BCUT2D eigenvalue weighted by atomic mass is 32.2. The first-order valence-electron chi connectivity index (χ1n) is 7.49. The van der Waals surface area contributed by atoms with Crippen LogP contribution in [0.5, 0.6) is 0 Å². The van der Waals surface area contributed by atoms with E-state index in [1.54, 1.807) is 26.0 Å². The summed E-state index contributed by atoms with van der Waals surface area (Å²) in [4.78, 5) is 2.74. The average Bonchev–Trinajstić information content (AvgIpc) is 2.86. The van der Waals surface area contributed by atoms with Gasteiger partial charge in [0.1, 0.15) is 0 Å². The van der Waals surface area contributed by atoms with Crippen LogP contribution in [0.4, 0.5) is 5.69 Å². The summed E-state index contributed by atoms with van der Waals surface area (Å²) >= 11 is 0. The third-order valence-corrected chi connectivity index (χ3v) is 5.66. The van der Waals surface area contributed by atoms with E-state index in [2.05, 4.69) is 9.62 Å². The van der Waals surface area contributed by atoms with E-state index in [1.165, 1.54) is 12.8 Å². The molecule has 5 nitrogen and oxygen atoms in total. The number of benzene rings is 1. The van der Waals surface area contributed by atoms with Crippen molar-refractivity contribution in [3.63, 3.8) is 0 Å². The van der Waals surface area contributed by atoms with Gasteiger partial charge in [0, 0.05) is 12.2 Å². The Morgan fingerprint density at radius 2 is 1.76 bits per heavy atom. The maximum atomic E-state index is 12.4. The Hall–Kier alpha value is -1.11. The van der Waals surface area contributed by atoms with Gasteiger partial charge >= 0.3 is 0 Å². The summed E-state index contributed by atoms with van der Waals surface area (Å²) in [5.74, 6) is 0. The van der Waals surface area contributed by atoms with Crippen LogP contribution >= 0.6 is 0 Å². The molecule has 0 radical (unpaired) electrons. The van der Waals surface area contributed by atoms with E-state index in [4.69, 9.17) is 5.73 Å². The molecule has 1 aromatic carbocycles. The second-order valence-electron chi connectivity index (χ2n) is 5.78. The quantitative estimate of drug-likeness (QED) is 0.619. The van der Waals surface area contributed by atoms with E-state index in [9.17, 15) is 8.42 Å². The third-order valence-electron chi connectivity index (χ3n) is 3.89. The van der Waals surface area contributed by atoms with Crippen molar-refractivity contribution in [3.05, 3.63) is 23.3 Å². The lowest BCUT2D eigenvalue weighted by Crippen LogP contribution is -2.29. The van der Waals surface area contributed by atoms with Gasteiger partial charge in [-0.1, -0.05) is 0 Å². The molecule has 2 rings (SSSR count). The summed E-state index contributed by atoms with van der Waals surface area (Å²) < 4.78 is 27.5. The van der Waals surface area contributed by atoms with Crippen molar-refractivity contribution in [3.8, 4) is 0 Å². The van der Waals surface area contributed by atoms with Gasteiger partial charge in [0.05, 0.1) is 4.90 Å².